The van der Waals surface area contributed by atoms with Gasteiger partial charge in [0, 0.05) is 43.3 Å². The fourth-order valence-electron chi connectivity index (χ4n) is 3.28. The van der Waals surface area contributed by atoms with Crippen LogP contribution in [0.5, 0.6) is 0 Å². The SMILES string of the molecule is CCN(CCOC)c1ccc(N/C=C2/C(=O)Nc3cccc(F)c32)cc1C(F)(F)F. The van der Waals surface area contributed by atoms with Crippen molar-refractivity contribution in [3.63, 3.8) is 0 Å². The highest BCUT2D eigenvalue weighted by atomic mass is 19.4. The summed E-state index contributed by atoms with van der Waals surface area (Å²) in [5.41, 5.74) is -0.243. The molecule has 2 aromatic carbocycles. The second-order valence-electron chi connectivity index (χ2n) is 6.62. The summed E-state index contributed by atoms with van der Waals surface area (Å²) in [5, 5.41) is 5.22. The smallest absolute Gasteiger partial charge is 0.383 e. The number of nitrogens with zero attached hydrogens (tertiary/aromatic N) is 1. The van der Waals surface area contributed by atoms with Crippen molar-refractivity contribution in [2.45, 2.75) is 13.1 Å². The third-order valence-corrected chi connectivity index (χ3v) is 4.75. The largest absolute Gasteiger partial charge is 0.418 e. The highest BCUT2D eigenvalue weighted by molar-refractivity contribution is 6.31. The Labute approximate surface area is 171 Å². The molecule has 0 aliphatic carbocycles. The van der Waals surface area contributed by atoms with Gasteiger partial charge in [0.25, 0.3) is 5.91 Å². The first-order valence-corrected chi connectivity index (χ1v) is 9.28. The van der Waals surface area contributed by atoms with Crippen LogP contribution in [0.2, 0.25) is 0 Å². The van der Waals surface area contributed by atoms with Crippen LogP contribution >= 0.6 is 0 Å². The third kappa shape index (κ3) is 4.40. The van der Waals surface area contributed by atoms with Crippen molar-refractivity contribution < 1.29 is 27.1 Å². The van der Waals surface area contributed by atoms with Crippen molar-refractivity contribution in [2.75, 3.05) is 42.3 Å². The number of anilines is 3. The van der Waals surface area contributed by atoms with Gasteiger partial charge in [-0.05, 0) is 37.3 Å². The average molecular weight is 423 g/mol. The maximum Gasteiger partial charge on any atom is 0.418 e. The van der Waals surface area contributed by atoms with E-state index in [4.69, 9.17) is 4.74 Å². The van der Waals surface area contributed by atoms with Gasteiger partial charge in [-0.15, -0.1) is 0 Å². The fourth-order valence-corrected chi connectivity index (χ4v) is 3.28. The minimum Gasteiger partial charge on any atom is -0.383 e. The van der Waals surface area contributed by atoms with Crippen molar-refractivity contribution in [2.24, 2.45) is 0 Å². The number of carbonyl (C=O) groups is 1. The maximum absolute atomic E-state index is 14.1. The molecule has 0 atom stereocenters. The van der Waals surface area contributed by atoms with Crippen LogP contribution in [0.15, 0.2) is 42.6 Å². The number of fused-ring (bicyclic) bond motifs is 1. The lowest BCUT2D eigenvalue weighted by Gasteiger charge is -2.26. The fraction of sp³-hybridized carbons (Fsp3) is 0.286. The molecule has 0 bridgehead atoms. The van der Waals surface area contributed by atoms with Gasteiger partial charge < -0.3 is 20.3 Å². The highest BCUT2D eigenvalue weighted by Crippen LogP contribution is 2.39. The number of carbonyl (C=O) groups excluding carboxylic acids is 1. The molecule has 1 aliphatic heterocycles. The molecule has 0 saturated heterocycles. The molecular weight excluding hydrogens is 402 g/mol. The van der Waals surface area contributed by atoms with E-state index in [1.807, 2.05) is 0 Å². The Morgan fingerprint density at radius 2 is 2.00 bits per heavy atom. The Balaban J connectivity index is 1.93. The molecule has 0 unspecified atom stereocenters. The molecule has 0 radical (unpaired) electrons. The van der Waals surface area contributed by atoms with E-state index in [1.165, 1.54) is 37.6 Å². The zero-order valence-electron chi connectivity index (χ0n) is 16.4. The minimum absolute atomic E-state index is 0.0102. The molecule has 160 valence electrons. The number of methoxy groups -OCH3 is 1. The number of benzene rings is 2. The Morgan fingerprint density at radius 1 is 1.23 bits per heavy atom. The van der Waals surface area contributed by atoms with Gasteiger partial charge >= 0.3 is 6.18 Å². The summed E-state index contributed by atoms with van der Waals surface area (Å²) < 4.78 is 60.2. The molecule has 3 rings (SSSR count). The van der Waals surface area contributed by atoms with Crippen LogP contribution in [0.1, 0.15) is 18.1 Å². The average Bonchev–Trinajstić information content (AvgIpc) is 3.03. The topological polar surface area (TPSA) is 53.6 Å². The number of likely N-dealkylation sites (N-methyl/N-ethyl adjacent to an activating group) is 1. The molecule has 1 amide bonds. The van der Waals surface area contributed by atoms with E-state index in [0.29, 0.717) is 18.8 Å². The molecule has 0 spiro atoms. The predicted octanol–water partition coefficient (Wildman–Crippen LogP) is 4.72. The number of nitrogens with one attached hydrogen (secondary N) is 2. The van der Waals surface area contributed by atoms with Gasteiger partial charge in [-0.2, -0.15) is 13.2 Å². The lowest BCUT2D eigenvalue weighted by atomic mass is 10.1. The summed E-state index contributed by atoms with van der Waals surface area (Å²) in [4.78, 5) is 13.7. The predicted molar refractivity (Wildman–Crippen MR) is 108 cm³/mol. The van der Waals surface area contributed by atoms with E-state index in [-0.39, 0.29) is 29.1 Å². The van der Waals surface area contributed by atoms with Crippen LogP contribution in [0.4, 0.5) is 34.6 Å². The van der Waals surface area contributed by atoms with Crippen molar-refractivity contribution in [3.05, 3.63) is 59.5 Å². The molecule has 1 aliphatic rings. The van der Waals surface area contributed by atoms with E-state index in [9.17, 15) is 22.4 Å². The second kappa shape index (κ2) is 8.74. The second-order valence-corrected chi connectivity index (χ2v) is 6.62. The zero-order valence-corrected chi connectivity index (χ0v) is 16.4. The van der Waals surface area contributed by atoms with E-state index < -0.39 is 23.5 Å². The summed E-state index contributed by atoms with van der Waals surface area (Å²) in [7, 11) is 1.49. The number of alkyl halides is 3. The minimum atomic E-state index is -4.58. The van der Waals surface area contributed by atoms with Crippen LogP contribution in [0, 0.1) is 5.82 Å². The van der Waals surface area contributed by atoms with Gasteiger partial charge in [-0.25, -0.2) is 4.39 Å². The summed E-state index contributed by atoms with van der Waals surface area (Å²) >= 11 is 0. The molecule has 1 heterocycles. The maximum atomic E-state index is 14.1. The van der Waals surface area contributed by atoms with Crippen LogP contribution in [-0.2, 0) is 15.7 Å². The molecule has 0 fully saturated rings. The number of hydrogen-bond acceptors (Lipinski definition) is 4. The number of hydrogen-bond donors (Lipinski definition) is 2. The summed E-state index contributed by atoms with van der Waals surface area (Å²) in [6, 6.07) is 8.04. The summed E-state index contributed by atoms with van der Waals surface area (Å²) in [6.45, 7) is 2.73. The standard InChI is InChI=1S/C21H21F4N3O2/c1-3-28(9-10-30-2)18-8-7-13(11-15(18)21(23,24)25)26-12-14-19-16(22)5-4-6-17(19)27-20(14)29/h4-8,11-12,26H,3,9-10H2,1-2H3,(H,27,29)/b14-12+. The van der Waals surface area contributed by atoms with Gasteiger partial charge in [-0.3, -0.25) is 4.79 Å². The zero-order chi connectivity index (χ0) is 21.9. The van der Waals surface area contributed by atoms with E-state index in [1.54, 1.807) is 17.9 Å². The van der Waals surface area contributed by atoms with Crippen LogP contribution in [-0.4, -0.2) is 32.7 Å². The first-order valence-electron chi connectivity index (χ1n) is 9.28. The number of amides is 1. The van der Waals surface area contributed by atoms with Crippen molar-refractivity contribution in [1.82, 2.24) is 0 Å². The first kappa shape index (κ1) is 21.6. The quantitative estimate of drug-likeness (QED) is 0.500. The number of ether oxygens (including phenoxy) is 1. The Hall–Kier alpha value is -3.07. The monoisotopic (exact) mass is 423 g/mol. The molecule has 0 aromatic heterocycles. The highest BCUT2D eigenvalue weighted by Gasteiger charge is 2.35. The Morgan fingerprint density at radius 3 is 2.67 bits per heavy atom. The first-order chi connectivity index (χ1) is 14.3. The van der Waals surface area contributed by atoms with Crippen molar-refractivity contribution in [3.8, 4) is 0 Å². The molecule has 2 N–H and O–H groups in total. The van der Waals surface area contributed by atoms with E-state index >= 15 is 0 Å². The van der Waals surface area contributed by atoms with Crippen LogP contribution in [0.3, 0.4) is 0 Å². The van der Waals surface area contributed by atoms with Gasteiger partial charge in [0.2, 0.25) is 0 Å². The normalized spacial score (nSPS) is 14.6. The van der Waals surface area contributed by atoms with Gasteiger partial charge in [0.15, 0.2) is 0 Å². The van der Waals surface area contributed by atoms with Crippen LogP contribution < -0.4 is 15.5 Å². The Kier molecular flexibility index (Phi) is 6.31. The van der Waals surface area contributed by atoms with Gasteiger partial charge in [-0.1, -0.05) is 6.07 Å². The van der Waals surface area contributed by atoms with E-state index in [2.05, 4.69) is 10.6 Å². The van der Waals surface area contributed by atoms with Crippen molar-refractivity contribution in [1.29, 1.82) is 0 Å². The van der Waals surface area contributed by atoms with E-state index in [0.717, 1.165) is 6.07 Å². The molecular formula is C21H21F4N3O2. The van der Waals surface area contributed by atoms with Crippen LogP contribution in [0.25, 0.3) is 5.57 Å². The lowest BCUT2D eigenvalue weighted by molar-refractivity contribution is -0.137. The molecule has 2 aromatic rings. The third-order valence-electron chi connectivity index (χ3n) is 4.75. The Bertz CT molecular complexity index is 973. The molecule has 0 saturated carbocycles. The number of halogens is 4. The van der Waals surface area contributed by atoms with Crippen molar-refractivity contribution >= 4 is 28.5 Å². The summed E-state index contributed by atoms with van der Waals surface area (Å²) in [5.74, 6) is -1.13. The molecule has 30 heavy (non-hydrogen) atoms. The number of rotatable bonds is 7. The lowest BCUT2D eigenvalue weighted by Crippen LogP contribution is -2.29. The van der Waals surface area contributed by atoms with Gasteiger partial charge in [0.05, 0.1) is 23.4 Å². The summed E-state index contributed by atoms with van der Waals surface area (Å²) in [6.07, 6.45) is -3.37. The molecule has 9 heteroatoms. The molecule has 5 nitrogen and oxygen atoms in total. The van der Waals surface area contributed by atoms with Gasteiger partial charge in [0.1, 0.15) is 5.82 Å².